The van der Waals surface area contributed by atoms with Gasteiger partial charge in [-0.25, -0.2) is 4.68 Å². The summed E-state index contributed by atoms with van der Waals surface area (Å²) in [6.07, 6.45) is 8.71. The Morgan fingerprint density at radius 3 is 2.89 bits per heavy atom. The van der Waals surface area contributed by atoms with E-state index in [1.54, 1.807) is 0 Å². The van der Waals surface area contributed by atoms with Gasteiger partial charge >= 0.3 is 0 Å². The lowest BCUT2D eigenvalue weighted by Crippen LogP contribution is -2.23. The van der Waals surface area contributed by atoms with Crippen LogP contribution in [0.1, 0.15) is 64.6 Å². The van der Waals surface area contributed by atoms with Crippen LogP contribution in [0.15, 0.2) is 6.20 Å². The fourth-order valence-electron chi connectivity index (χ4n) is 2.88. The highest BCUT2D eigenvalue weighted by atomic mass is 15.4. The Balaban J connectivity index is 1.99. The van der Waals surface area contributed by atoms with E-state index in [0.29, 0.717) is 12.1 Å². The van der Waals surface area contributed by atoms with Crippen molar-refractivity contribution in [2.24, 2.45) is 5.92 Å². The molecule has 1 aromatic rings. The molecule has 0 radical (unpaired) electrons. The molecule has 4 nitrogen and oxygen atoms in total. The molecular formula is C14H26N4. The van der Waals surface area contributed by atoms with Crippen LogP contribution in [0.4, 0.5) is 0 Å². The van der Waals surface area contributed by atoms with Gasteiger partial charge in [-0.3, -0.25) is 0 Å². The molecule has 0 amide bonds. The van der Waals surface area contributed by atoms with Gasteiger partial charge in [0, 0.05) is 12.6 Å². The molecular weight excluding hydrogens is 224 g/mol. The Morgan fingerprint density at radius 2 is 2.17 bits per heavy atom. The Kier molecular flexibility index (Phi) is 4.75. The van der Waals surface area contributed by atoms with Crippen LogP contribution in [-0.2, 0) is 6.54 Å². The number of nitrogens with zero attached hydrogens (tertiary/aromatic N) is 3. The smallest absolute Gasteiger partial charge is 0.0965 e. The fraction of sp³-hybridized carbons (Fsp3) is 0.857. The molecule has 1 aliphatic carbocycles. The predicted molar refractivity (Wildman–Crippen MR) is 73.3 cm³/mol. The maximum atomic E-state index is 4.34. The second-order valence-electron chi connectivity index (χ2n) is 5.75. The Bertz CT molecular complexity index is 358. The molecule has 0 saturated heterocycles. The molecule has 1 aromatic heterocycles. The summed E-state index contributed by atoms with van der Waals surface area (Å²) < 4.78 is 2.12. The molecule has 1 aliphatic rings. The van der Waals surface area contributed by atoms with Crippen LogP contribution < -0.4 is 5.32 Å². The maximum absolute atomic E-state index is 4.34. The van der Waals surface area contributed by atoms with Gasteiger partial charge < -0.3 is 5.32 Å². The van der Waals surface area contributed by atoms with Crippen LogP contribution in [0, 0.1) is 5.92 Å². The van der Waals surface area contributed by atoms with Crippen molar-refractivity contribution in [2.75, 3.05) is 0 Å². The van der Waals surface area contributed by atoms with E-state index in [-0.39, 0.29) is 0 Å². The number of aromatic nitrogens is 3. The number of hydrogen-bond donors (Lipinski definition) is 1. The third-order valence-electron chi connectivity index (χ3n) is 3.98. The average Bonchev–Trinajstić information content (AvgIpc) is 2.85. The monoisotopic (exact) mass is 250 g/mol. The van der Waals surface area contributed by atoms with Gasteiger partial charge in [-0.15, -0.1) is 5.10 Å². The highest BCUT2D eigenvalue weighted by molar-refractivity contribution is 4.94. The second kappa shape index (κ2) is 6.32. The molecule has 0 aromatic carbocycles. The molecule has 1 heterocycles. The first-order chi connectivity index (χ1) is 8.70. The van der Waals surface area contributed by atoms with Gasteiger partial charge in [-0.05, 0) is 18.8 Å². The van der Waals surface area contributed by atoms with Gasteiger partial charge in [-0.2, -0.15) is 0 Å². The Hall–Kier alpha value is -0.900. The van der Waals surface area contributed by atoms with Crippen LogP contribution in [-0.4, -0.2) is 21.0 Å². The fourth-order valence-corrected chi connectivity index (χ4v) is 2.88. The molecule has 102 valence electrons. The predicted octanol–water partition coefficient (Wildman–Crippen LogP) is 2.92. The molecule has 1 saturated carbocycles. The van der Waals surface area contributed by atoms with Gasteiger partial charge in [0.2, 0.25) is 0 Å². The van der Waals surface area contributed by atoms with Gasteiger partial charge in [0.05, 0.1) is 17.9 Å². The van der Waals surface area contributed by atoms with E-state index in [9.17, 15) is 0 Å². The van der Waals surface area contributed by atoms with Crippen LogP contribution >= 0.6 is 0 Å². The summed E-state index contributed by atoms with van der Waals surface area (Å²) in [6, 6.07) is 1.07. The van der Waals surface area contributed by atoms with E-state index in [1.807, 2.05) is 0 Å². The second-order valence-corrected chi connectivity index (χ2v) is 5.75. The topological polar surface area (TPSA) is 42.7 Å². The summed E-state index contributed by atoms with van der Waals surface area (Å²) in [5.74, 6) is 0.784. The highest BCUT2D eigenvalue weighted by Gasteiger charge is 2.26. The molecule has 0 aliphatic heterocycles. The van der Waals surface area contributed by atoms with Crippen molar-refractivity contribution in [3.63, 3.8) is 0 Å². The molecule has 0 bridgehead atoms. The first kappa shape index (κ1) is 13.5. The zero-order valence-corrected chi connectivity index (χ0v) is 11.9. The van der Waals surface area contributed by atoms with Gasteiger partial charge in [0.15, 0.2) is 0 Å². The molecule has 1 N–H and O–H groups in total. The van der Waals surface area contributed by atoms with Crippen molar-refractivity contribution in [3.8, 4) is 0 Å². The molecule has 2 unspecified atom stereocenters. The molecule has 4 heteroatoms. The van der Waals surface area contributed by atoms with Crippen molar-refractivity contribution in [1.82, 2.24) is 20.3 Å². The summed E-state index contributed by atoms with van der Waals surface area (Å²) in [5, 5.41) is 12.0. The van der Waals surface area contributed by atoms with Crippen molar-refractivity contribution in [2.45, 2.75) is 71.5 Å². The Labute approximate surface area is 110 Å². The molecule has 2 rings (SSSR count). The summed E-state index contributed by atoms with van der Waals surface area (Å²) in [7, 11) is 0. The first-order valence-electron chi connectivity index (χ1n) is 7.34. The SMILES string of the molecule is CCC1CCCCC1n1cc(CNC(C)C)nn1. The van der Waals surface area contributed by atoms with E-state index in [4.69, 9.17) is 0 Å². The minimum atomic E-state index is 0.494. The van der Waals surface area contributed by atoms with Gasteiger partial charge in [0.1, 0.15) is 0 Å². The lowest BCUT2D eigenvalue weighted by Gasteiger charge is -2.30. The summed E-state index contributed by atoms with van der Waals surface area (Å²) >= 11 is 0. The normalized spacial score (nSPS) is 24.7. The zero-order chi connectivity index (χ0) is 13.0. The summed E-state index contributed by atoms with van der Waals surface area (Å²) in [5.41, 5.74) is 1.06. The molecule has 0 spiro atoms. The third kappa shape index (κ3) is 3.31. The lowest BCUT2D eigenvalue weighted by atomic mass is 9.83. The van der Waals surface area contributed by atoms with E-state index >= 15 is 0 Å². The largest absolute Gasteiger partial charge is 0.309 e. The number of nitrogens with one attached hydrogen (secondary N) is 1. The van der Waals surface area contributed by atoms with E-state index < -0.39 is 0 Å². The van der Waals surface area contributed by atoms with E-state index in [0.717, 1.165) is 18.2 Å². The van der Waals surface area contributed by atoms with Gasteiger partial charge in [0.25, 0.3) is 0 Å². The quantitative estimate of drug-likeness (QED) is 0.873. The van der Waals surface area contributed by atoms with Crippen molar-refractivity contribution in [1.29, 1.82) is 0 Å². The highest BCUT2D eigenvalue weighted by Crippen LogP contribution is 2.35. The number of hydrogen-bond acceptors (Lipinski definition) is 3. The summed E-state index contributed by atoms with van der Waals surface area (Å²) in [4.78, 5) is 0. The van der Waals surface area contributed by atoms with Crippen LogP contribution in [0.5, 0.6) is 0 Å². The summed E-state index contributed by atoms with van der Waals surface area (Å²) in [6.45, 7) is 7.42. The van der Waals surface area contributed by atoms with E-state index in [2.05, 4.69) is 47.3 Å². The molecule has 18 heavy (non-hydrogen) atoms. The van der Waals surface area contributed by atoms with Crippen LogP contribution in [0.2, 0.25) is 0 Å². The standard InChI is InChI=1S/C14H26N4/c1-4-12-7-5-6-8-14(12)18-10-13(16-17-18)9-15-11(2)3/h10-12,14-15H,4-9H2,1-3H3. The molecule has 2 atom stereocenters. The van der Waals surface area contributed by atoms with Crippen molar-refractivity contribution < 1.29 is 0 Å². The average molecular weight is 250 g/mol. The van der Waals surface area contributed by atoms with Crippen molar-refractivity contribution >= 4 is 0 Å². The van der Waals surface area contributed by atoms with Crippen LogP contribution in [0.3, 0.4) is 0 Å². The van der Waals surface area contributed by atoms with Crippen molar-refractivity contribution in [3.05, 3.63) is 11.9 Å². The minimum absolute atomic E-state index is 0.494. The van der Waals surface area contributed by atoms with Crippen LogP contribution in [0.25, 0.3) is 0 Å². The Morgan fingerprint density at radius 1 is 1.39 bits per heavy atom. The maximum Gasteiger partial charge on any atom is 0.0965 e. The van der Waals surface area contributed by atoms with Gasteiger partial charge in [-0.1, -0.05) is 45.2 Å². The number of rotatable bonds is 5. The molecule has 1 fully saturated rings. The van der Waals surface area contributed by atoms with E-state index in [1.165, 1.54) is 32.1 Å². The first-order valence-corrected chi connectivity index (χ1v) is 7.34. The minimum Gasteiger partial charge on any atom is -0.309 e. The third-order valence-corrected chi connectivity index (χ3v) is 3.98. The lowest BCUT2D eigenvalue weighted by molar-refractivity contribution is 0.214. The zero-order valence-electron chi connectivity index (χ0n) is 11.9.